The molecule has 0 aliphatic carbocycles. The van der Waals surface area contributed by atoms with Crippen molar-refractivity contribution in [3.8, 4) is 0 Å². The molecule has 0 aliphatic rings. The van der Waals surface area contributed by atoms with Crippen molar-refractivity contribution in [2.24, 2.45) is 14.1 Å². The molecule has 0 bridgehead atoms. The molecule has 0 saturated heterocycles. The van der Waals surface area contributed by atoms with Crippen LogP contribution in [0.3, 0.4) is 0 Å². The van der Waals surface area contributed by atoms with Gasteiger partial charge in [-0.1, -0.05) is 30.3 Å². The zero-order chi connectivity index (χ0) is 25.6. The number of carbonyl (C=O) groups is 1. The van der Waals surface area contributed by atoms with Gasteiger partial charge in [0.25, 0.3) is 11.1 Å². The first kappa shape index (κ1) is 24.0. The van der Waals surface area contributed by atoms with E-state index < -0.39 is 40.4 Å². The Hall–Kier alpha value is -4.19. The fourth-order valence-electron chi connectivity index (χ4n) is 3.96. The SMILES string of the molecule is CCn1c(=O)c(C(=O)Cn2c(Cl)nc3c2c(=O)n(C)c(=O)n3C)c(N)n(Cc2ccccc2)c1=O. The second-order valence-corrected chi connectivity index (χ2v) is 8.27. The van der Waals surface area contributed by atoms with E-state index in [4.69, 9.17) is 17.3 Å². The lowest BCUT2D eigenvalue weighted by atomic mass is 10.1. The Balaban J connectivity index is 1.89. The van der Waals surface area contributed by atoms with Gasteiger partial charge < -0.3 is 10.3 Å². The molecule has 0 radical (unpaired) electrons. The molecule has 0 saturated carbocycles. The Bertz CT molecular complexity index is 1720. The van der Waals surface area contributed by atoms with E-state index in [1.165, 1.54) is 14.1 Å². The van der Waals surface area contributed by atoms with Crippen LogP contribution in [-0.4, -0.2) is 33.6 Å². The lowest BCUT2D eigenvalue weighted by Gasteiger charge is -2.16. The number of rotatable bonds is 6. The number of fused-ring (bicyclic) bond motifs is 1. The van der Waals surface area contributed by atoms with E-state index in [2.05, 4.69) is 4.98 Å². The molecular formula is C22H22ClN7O5. The summed E-state index contributed by atoms with van der Waals surface area (Å²) >= 11 is 6.22. The maximum atomic E-state index is 13.4. The highest BCUT2D eigenvalue weighted by atomic mass is 35.5. The quantitative estimate of drug-likeness (QED) is 0.288. The maximum absolute atomic E-state index is 13.4. The van der Waals surface area contributed by atoms with Crippen LogP contribution in [0.5, 0.6) is 0 Å². The highest BCUT2D eigenvalue weighted by Crippen LogP contribution is 2.18. The summed E-state index contributed by atoms with van der Waals surface area (Å²) in [6.45, 7) is 1.11. The molecule has 182 valence electrons. The largest absolute Gasteiger partial charge is 0.384 e. The Morgan fingerprint density at radius 2 is 1.60 bits per heavy atom. The van der Waals surface area contributed by atoms with Crippen molar-refractivity contribution >= 4 is 34.4 Å². The van der Waals surface area contributed by atoms with Crippen molar-refractivity contribution in [2.45, 2.75) is 26.6 Å². The topological polar surface area (TPSA) is 149 Å². The number of imidazole rings is 1. The number of nitrogen functional groups attached to an aromatic ring is 1. The number of hydrogen-bond acceptors (Lipinski definition) is 7. The van der Waals surface area contributed by atoms with Crippen LogP contribution in [0.2, 0.25) is 5.28 Å². The van der Waals surface area contributed by atoms with Gasteiger partial charge in [-0.05, 0) is 24.1 Å². The highest BCUT2D eigenvalue weighted by molar-refractivity contribution is 6.29. The van der Waals surface area contributed by atoms with Gasteiger partial charge >= 0.3 is 11.4 Å². The molecule has 35 heavy (non-hydrogen) atoms. The zero-order valence-corrected chi connectivity index (χ0v) is 19.9. The van der Waals surface area contributed by atoms with Crippen LogP contribution in [0.15, 0.2) is 49.5 Å². The van der Waals surface area contributed by atoms with E-state index in [9.17, 15) is 24.0 Å². The molecule has 3 heterocycles. The van der Waals surface area contributed by atoms with Crippen LogP contribution >= 0.6 is 11.6 Å². The number of hydrogen-bond donors (Lipinski definition) is 1. The number of aromatic nitrogens is 6. The maximum Gasteiger partial charge on any atom is 0.332 e. The first-order chi connectivity index (χ1) is 16.6. The van der Waals surface area contributed by atoms with Crippen LogP contribution in [0, 0.1) is 0 Å². The molecule has 0 spiro atoms. The lowest BCUT2D eigenvalue weighted by molar-refractivity contribution is 0.0971. The van der Waals surface area contributed by atoms with E-state index in [1.807, 2.05) is 6.07 Å². The second-order valence-electron chi connectivity index (χ2n) is 7.93. The summed E-state index contributed by atoms with van der Waals surface area (Å²) in [4.78, 5) is 68.4. The molecule has 0 aliphatic heterocycles. The van der Waals surface area contributed by atoms with E-state index in [0.717, 1.165) is 28.4 Å². The summed E-state index contributed by atoms with van der Waals surface area (Å²) in [6, 6.07) is 8.96. The van der Waals surface area contributed by atoms with Gasteiger partial charge in [-0.15, -0.1) is 0 Å². The van der Waals surface area contributed by atoms with E-state index in [0.29, 0.717) is 0 Å². The Morgan fingerprint density at radius 3 is 2.23 bits per heavy atom. The van der Waals surface area contributed by atoms with Crippen molar-refractivity contribution in [3.63, 3.8) is 0 Å². The van der Waals surface area contributed by atoms with Crippen LogP contribution in [0.25, 0.3) is 11.2 Å². The van der Waals surface area contributed by atoms with Gasteiger partial charge in [0.2, 0.25) is 5.28 Å². The third-order valence-corrected chi connectivity index (χ3v) is 6.14. The summed E-state index contributed by atoms with van der Waals surface area (Å²) in [5.74, 6) is -1.06. The lowest BCUT2D eigenvalue weighted by Crippen LogP contribution is -2.44. The van der Waals surface area contributed by atoms with Crippen molar-refractivity contribution in [3.05, 3.63) is 88.4 Å². The molecule has 0 unspecified atom stereocenters. The minimum Gasteiger partial charge on any atom is -0.384 e. The van der Waals surface area contributed by atoms with Gasteiger partial charge in [0.05, 0.1) is 13.1 Å². The minimum absolute atomic E-state index is 0.0103. The Kier molecular flexibility index (Phi) is 6.07. The van der Waals surface area contributed by atoms with Crippen LogP contribution in [-0.2, 0) is 33.7 Å². The van der Waals surface area contributed by atoms with E-state index in [1.54, 1.807) is 31.2 Å². The molecule has 0 atom stereocenters. The fraction of sp³-hybridized carbons (Fsp3) is 0.273. The molecule has 13 heteroatoms. The number of benzene rings is 1. The summed E-state index contributed by atoms with van der Waals surface area (Å²) in [6.07, 6.45) is 0. The summed E-state index contributed by atoms with van der Waals surface area (Å²) < 4.78 is 5.18. The first-order valence-electron chi connectivity index (χ1n) is 10.6. The molecule has 2 N–H and O–H groups in total. The van der Waals surface area contributed by atoms with Gasteiger partial charge in [-0.3, -0.25) is 32.7 Å². The molecule has 4 rings (SSSR count). The molecule has 0 fully saturated rings. The molecule has 3 aromatic heterocycles. The number of Topliss-reactive ketones (excluding diaryl/α,β-unsaturated/α-hetero) is 1. The fourth-order valence-corrected chi connectivity index (χ4v) is 4.19. The first-order valence-corrected chi connectivity index (χ1v) is 11.0. The van der Waals surface area contributed by atoms with Gasteiger partial charge in [0, 0.05) is 20.6 Å². The normalized spacial score (nSPS) is 11.3. The standard InChI is InChI=1S/C22H22ClN7O5/c1-4-28-18(32)14(16(24)30(22(28)35)10-12-8-6-5-7-9-12)13(31)11-29-15-17(25-20(29)23)26(2)21(34)27(3)19(15)33/h5-9H,4,10-11,24H2,1-3H3. The van der Waals surface area contributed by atoms with Gasteiger partial charge in [-0.2, -0.15) is 4.98 Å². The van der Waals surface area contributed by atoms with Gasteiger partial charge in [0.15, 0.2) is 16.9 Å². The summed E-state index contributed by atoms with van der Waals surface area (Å²) in [5.41, 5.74) is 3.64. The molecule has 1 aromatic carbocycles. The van der Waals surface area contributed by atoms with Crippen LogP contribution in [0.4, 0.5) is 5.82 Å². The number of carbonyl (C=O) groups excluding carboxylic acids is 1. The van der Waals surface area contributed by atoms with Crippen molar-refractivity contribution < 1.29 is 4.79 Å². The average Bonchev–Trinajstić information content (AvgIpc) is 3.16. The summed E-state index contributed by atoms with van der Waals surface area (Å²) in [7, 11) is 2.70. The van der Waals surface area contributed by atoms with E-state index in [-0.39, 0.29) is 35.4 Å². The van der Waals surface area contributed by atoms with Crippen molar-refractivity contribution in [1.29, 1.82) is 0 Å². The van der Waals surface area contributed by atoms with E-state index >= 15 is 0 Å². The monoisotopic (exact) mass is 499 g/mol. The van der Waals surface area contributed by atoms with Crippen molar-refractivity contribution in [2.75, 3.05) is 5.73 Å². The zero-order valence-electron chi connectivity index (χ0n) is 19.2. The smallest absolute Gasteiger partial charge is 0.332 e. The number of aryl methyl sites for hydroxylation is 1. The highest BCUT2D eigenvalue weighted by Gasteiger charge is 2.26. The number of nitrogens with two attached hydrogens (primary N) is 1. The van der Waals surface area contributed by atoms with Crippen molar-refractivity contribution in [1.82, 2.24) is 27.8 Å². The number of nitrogens with zero attached hydrogens (tertiary/aromatic N) is 6. The van der Waals surface area contributed by atoms with Gasteiger partial charge in [0.1, 0.15) is 11.4 Å². The molecular weight excluding hydrogens is 478 g/mol. The predicted molar refractivity (Wildman–Crippen MR) is 130 cm³/mol. The molecule has 4 aromatic rings. The van der Waals surface area contributed by atoms with Crippen LogP contribution in [0.1, 0.15) is 22.8 Å². The molecule has 12 nitrogen and oxygen atoms in total. The summed E-state index contributed by atoms with van der Waals surface area (Å²) in [5, 5.41) is -0.223. The average molecular weight is 500 g/mol. The third kappa shape index (κ3) is 3.81. The third-order valence-electron chi connectivity index (χ3n) is 5.85. The Morgan fingerprint density at radius 1 is 0.943 bits per heavy atom. The number of anilines is 1. The number of halogens is 1. The minimum atomic E-state index is -0.842. The molecule has 0 amide bonds. The Labute approximate surface area is 202 Å². The number of ketones is 1. The predicted octanol–water partition coefficient (Wildman–Crippen LogP) is -0.0562. The second kappa shape index (κ2) is 8.87. The van der Waals surface area contributed by atoms with Crippen LogP contribution < -0.4 is 28.2 Å². The van der Waals surface area contributed by atoms with Gasteiger partial charge in [-0.25, -0.2) is 9.59 Å².